The second kappa shape index (κ2) is 11.1. The smallest absolute Gasteiger partial charge is 0.316 e. The lowest BCUT2D eigenvalue weighted by atomic mass is 9.63. The van der Waals surface area contributed by atoms with E-state index in [9.17, 15) is 19.2 Å². The summed E-state index contributed by atoms with van der Waals surface area (Å²) in [6, 6.07) is -0.693. The van der Waals surface area contributed by atoms with E-state index in [1.807, 2.05) is 19.9 Å². The van der Waals surface area contributed by atoms with E-state index >= 15 is 0 Å². The third-order valence-electron chi connectivity index (χ3n) is 8.37. The maximum Gasteiger partial charge on any atom is 0.333 e. The van der Waals surface area contributed by atoms with Crippen LogP contribution in [-0.4, -0.2) is 60.1 Å². The van der Waals surface area contributed by atoms with Crippen molar-refractivity contribution >= 4 is 23.6 Å². The minimum Gasteiger partial charge on any atom is -0.316 e. The van der Waals surface area contributed by atoms with Crippen molar-refractivity contribution < 1.29 is 19.2 Å². The molecule has 7 heteroatoms. The molecule has 4 amide bonds. The highest BCUT2D eigenvalue weighted by atomic mass is 16.2. The van der Waals surface area contributed by atoms with Gasteiger partial charge < -0.3 is 5.32 Å². The number of urea groups is 1. The van der Waals surface area contributed by atoms with Crippen molar-refractivity contribution in [3.8, 4) is 0 Å². The molecule has 0 aromatic rings. The van der Waals surface area contributed by atoms with Gasteiger partial charge >= 0.3 is 6.03 Å². The standard InChI is InChI=1S/C27H43N3O4/c1-20(2)12-15-26(3)23(32)29(4)25(34)30(24(26)33)19-22(31)21-18-28-17-16-27(21)13-10-8-6-5-7-9-11-14-27/h12,21,28H,5-11,13-19H2,1-4H3. The van der Waals surface area contributed by atoms with Gasteiger partial charge in [-0.2, -0.15) is 0 Å². The van der Waals surface area contributed by atoms with E-state index in [0.717, 1.165) is 54.0 Å². The van der Waals surface area contributed by atoms with Crippen LogP contribution in [0, 0.1) is 16.7 Å². The van der Waals surface area contributed by atoms with Crippen molar-refractivity contribution in [1.29, 1.82) is 0 Å². The highest BCUT2D eigenvalue weighted by molar-refractivity contribution is 6.19. The number of nitrogens with zero attached hydrogens (tertiary/aromatic N) is 2. The maximum atomic E-state index is 13.7. The van der Waals surface area contributed by atoms with E-state index in [-0.39, 0.29) is 30.1 Å². The number of barbiturate groups is 1. The largest absolute Gasteiger partial charge is 0.333 e. The van der Waals surface area contributed by atoms with Crippen LogP contribution in [0.4, 0.5) is 4.79 Å². The number of carbonyl (C=O) groups excluding carboxylic acids is 4. The predicted octanol–water partition coefficient (Wildman–Crippen LogP) is 4.46. The van der Waals surface area contributed by atoms with Gasteiger partial charge in [0.2, 0.25) is 11.8 Å². The second-order valence-corrected chi connectivity index (χ2v) is 11.2. The lowest BCUT2D eigenvalue weighted by Crippen LogP contribution is -2.64. The van der Waals surface area contributed by atoms with Crippen LogP contribution < -0.4 is 5.32 Å². The summed E-state index contributed by atoms with van der Waals surface area (Å²) < 4.78 is 0. The molecule has 1 spiro atoms. The number of piperidine rings is 1. The Hall–Kier alpha value is -2.02. The number of ketones is 1. The number of carbonyl (C=O) groups is 4. The van der Waals surface area contributed by atoms with Crippen LogP contribution in [0.1, 0.15) is 91.4 Å². The maximum absolute atomic E-state index is 13.7. The first-order valence-electron chi connectivity index (χ1n) is 13.1. The van der Waals surface area contributed by atoms with Gasteiger partial charge in [-0.05, 0) is 58.4 Å². The van der Waals surface area contributed by atoms with Gasteiger partial charge in [-0.25, -0.2) is 4.79 Å². The molecule has 1 aliphatic carbocycles. The van der Waals surface area contributed by atoms with Crippen LogP contribution in [0.5, 0.6) is 0 Å². The first-order valence-corrected chi connectivity index (χ1v) is 13.1. The average Bonchev–Trinajstić information content (AvgIpc) is 2.82. The number of rotatable bonds is 5. The number of hydrogen-bond acceptors (Lipinski definition) is 5. The zero-order valence-corrected chi connectivity index (χ0v) is 21.6. The van der Waals surface area contributed by atoms with Gasteiger partial charge in [0.05, 0.1) is 6.54 Å². The van der Waals surface area contributed by atoms with E-state index in [1.165, 1.54) is 39.2 Å². The number of nitrogens with one attached hydrogen (secondary N) is 1. The Balaban J connectivity index is 1.83. The molecule has 1 N–H and O–H groups in total. The first kappa shape index (κ1) is 26.6. The lowest BCUT2D eigenvalue weighted by Gasteiger charge is -2.46. The van der Waals surface area contributed by atoms with Gasteiger partial charge in [0.15, 0.2) is 5.78 Å². The number of allylic oxidation sites excluding steroid dienone is 2. The molecule has 2 aliphatic heterocycles. The topological polar surface area (TPSA) is 86.8 Å². The zero-order valence-electron chi connectivity index (χ0n) is 21.6. The summed E-state index contributed by atoms with van der Waals surface area (Å²) >= 11 is 0. The predicted molar refractivity (Wildman–Crippen MR) is 132 cm³/mol. The Morgan fingerprint density at radius 3 is 2.15 bits per heavy atom. The molecule has 2 atom stereocenters. The van der Waals surface area contributed by atoms with Crippen LogP contribution in [-0.2, 0) is 14.4 Å². The third kappa shape index (κ3) is 5.45. The molecule has 2 heterocycles. The lowest BCUT2D eigenvalue weighted by molar-refractivity contribution is -0.158. The summed E-state index contributed by atoms with van der Waals surface area (Å²) in [6.45, 7) is 6.65. The van der Waals surface area contributed by atoms with Crippen LogP contribution in [0.2, 0.25) is 0 Å². The summed E-state index contributed by atoms with van der Waals surface area (Å²) in [4.78, 5) is 55.1. The van der Waals surface area contributed by atoms with Gasteiger partial charge in [0, 0.05) is 19.5 Å². The molecule has 2 unspecified atom stereocenters. The number of amides is 4. The first-order chi connectivity index (χ1) is 16.1. The molecular formula is C27H43N3O4. The van der Waals surface area contributed by atoms with Crippen LogP contribution in [0.25, 0.3) is 0 Å². The van der Waals surface area contributed by atoms with Crippen molar-refractivity contribution in [2.24, 2.45) is 16.7 Å². The fourth-order valence-corrected chi connectivity index (χ4v) is 6.09. The molecule has 1 saturated carbocycles. The third-order valence-corrected chi connectivity index (χ3v) is 8.37. The van der Waals surface area contributed by atoms with Crippen LogP contribution in [0.3, 0.4) is 0 Å². The number of imide groups is 2. The molecule has 190 valence electrons. The van der Waals surface area contributed by atoms with Gasteiger partial charge in [0.25, 0.3) is 0 Å². The molecule has 3 aliphatic rings. The zero-order chi connectivity index (χ0) is 24.9. The molecule has 0 bridgehead atoms. The fraction of sp³-hybridized carbons (Fsp3) is 0.778. The molecule has 3 rings (SSSR count). The van der Waals surface area contributed by atoms with E-state index in [1.54, 1.807) is 6.92 Å². The van der Waals surface area contributed by atoms with Gasteiger partial charge in [-0.3, -0.25) is 24.2 Å². The Kier molecular flexibility index (Phi) is 8.72. The highest BCUT2D eigenvalue weighted by Crippen LogP contribution is 2.45. The molecule has 0 aromatic heterocycles. The SMILES string of the molecule is CC(C)=CCC1(C)C(=O)N(C)C(=O)N(CC(=O)C2CNCCC23CCCCCCCCC3)C1=O. The molecule has 0 aromatic carbocycles. The quantitative estimate of drug-likeness (QED) is 0.471. The molecule has 34 heavy (non-hydrogen) atoms. The van der Waals surface area contributed by atoms with Crippen molar-refractivity contribution in [2.45, 2.75) is 91.4 Å². The van der Waals surface area contributed by atoms with Crippen molar-refractivity contribution in [3.05, 3.63) is 11.6 Å². The summed E-state index contributed by atoms with van der Waals surface area (Å²) in [5.74, 6) is -1.34. The highest BCUT2D eigenvalue weighted by Gasteiger charge is 2.54. The second-order valence-electron chi connectivity index (χ2n) is 11.2. The van der Waals surface area contributed by atoms with E-state index < -0.39 is 23.3 Å². The molecule has 7 nitrogen and oxygen atoms in total. The minimum absolute atomic E-state index is 0.0572. The number of Topliss-reactive ketones (excluding diaryl/α,β-unsaturated/α-hetero) is 1. The monoisotopic (exact) mass is 473 g/mol. The van der Waals surface area contributed by atoms with Crippen LogP contribution >= 0.6 is 0 Å². The fourth-order valence-electron chi connectivity index (χ4n) is 6.09. The molecular weight excluding hydrogens is 430 g/mol. The van der Waals surface area contributed by atoms with E-state index in [2.05, 4.69) is 5.32 Å². The van der Waals surface area contributed by atoms with Crippen molar-refractivity contribution in [1.82, 2.24) is 15.1 Å². The summed E-state index contributed by atoms with van der Waals surface area (Å²) in [7, 11) is 1.40. The van der Waals surface area contributed by atoms with E-state index in [4.69, 9.17) is 0 Å². The van der Waals surface area contributed by atoms with E-state index in [0.29, 0.717) is 6.54 Å². The minimum atomic E-state index is -1.38. The normalized spacial score (nSPS) is 28.7. The van der Waals surface area contributed by atoms with Gasteiger partial charge in [-0.15, -0.1) is 0 Å². The summed E-state index contributed by atoms with van der Waals surface area (Å²) in [6.07, 6.45) is 13.6. The van der Waals surface area contributed by atoms with Gasteiger partial charge in [-0.1, -0.05) is 56.6 Å². The Morgan fingerprint density at radius 2 is 1.56 bits per heavy atom. The Labute approximate surface area is 204 Å². The van der Waals surface area contributed by atoms with Crippen molar-refractivity contribution in [3.63, 3.8) is 0 Å². The van der Waals surface area contributed by atoms with Crippen LogP contribution in [0.15, 0.2) is 11.6 Å². The molecule has 0 radical (unpaired) electrons. The average molecular weight is 474 g/mol. The Bertz CT molecular complexity index is 822. The number of hydrogen-bond donors (Lipinski definition) is 1. The summed E-state index contributed by atoms with van der Waals surface area (Å²) in [5, 5.41) is 3.39. The Morgan fingerprint density at radius 1 is 0.971 bits per heavy atom. The van der Waals surface area contributed by atoms with Gasteiger partial charge in [0.1, 0.15) is 5.41 Å². The summed E-state index contributed by atoms with van der Waals surface area (Å²) in [5.41, 5.74) is -0.441. The molecule has 2 saturated heterocycles. The molecule has 3 fully saturated rings. The van der Waals surface area contributed by atoms with Crippen molar-refractivity contribution in [2.75, 3.05) is 26.7 Å².